The van der Waals surface area contributed by atoms with Crippen molar-refractivity contribution in [3.8, 4) is 0 Å². The third-order valence-corrected chi connectivity index (χ3v) is 4.47. The molecular weight excluding hydrogens is 244 g/mol. The van der Waals surface area contributed by atoms with Gasteiger partial charge in [-0.3, -0.25) is 14.5 Å². The molecule has 0 spiro atoms. The average Bonchev–Trinajstić information content (AvgIpc) is 2.47. The molecule has 1 amide bonds. The number of nitrogens with zero attached hydrogens (tertiary/aromatic N) is 2. The van der Waals surface area contributed by atoms with Crippen LogP contribution in [0.15, 0.2) is 12.2 Å². The largest absolute Gasteiger partial charge is 0.369 e. The molecule has 2 fully saturated rings. The number of methoxy groups -OCH3 is 1. The fourth-order valence-corrected chi connectivity index (χ4v) is 3.45. The van der Waals surface area contributed by atoms with Crippen molar-refractivity contribution in [2.24, 2.45) is 0 Å². The van der Waals surface area contributed by atoms with Crippen molar-refractivity contribution in [1.29, 1.82) is 0 Å². The predicted octanol–water partition coefficient (Wildman–Crippen LogP) is 0.206. The standard InChI is InChI=1S/C14H20N2O3/c1-19-13-12-11-9-10(17)5-8-15(11)6-3-2-4-7-16(12)14(13)18/h2-3,11-13H,4-9H2,1H3/b3-2-/t11-,12+,13-/m1/s1. The van der Waals surface area contributed by atoms with Crippen LogP contribution in [-0.2, 0) is 14.3 Å². The number of amides is 1. The van der Waals surface area contributed by atoms with E-state index in [0.717, 1.165) is 26.1 Å². The van der Waals surface area contributed by atoms with E-state index in [4.69, 9.17) is 4.74 Å². The zero-order valence-corrected chi connectivity index (χ0v) is 11.2. The van der Waals surface area contributed by atoms with Gasteiger partial charge in [0.25, 0.3) is 5.91 Å². The normalized spacial score (nSPS) is 37.5. The van der Waals surface area contributed by atoms with E-state index in [0.29, 0.717) is 18.6 Å². The number of ether oxygens (including phenoxy) is 1. The van der Waals surface area contributed by atoms with Gasteiger partial charge in [-0.15, -0.1) is 0 Å². The maximum absolute atomic E-state index is 12.0. The van der Waals surface area contributed by atoms with Gasteiger partial charge in [0.2, 0.25) is 0 Å². The second-order valence-electron chi connectivity index (χ2n) is 5.49. The highest BCUT2D eigenvalue weighted by atomic mass is 16.5. The van der Waals surface area contributed by atoms with Crippen molar-refractivity contribution >= 4 is 11.7 Å². The van der Waals surface area contributed by atoms with Gasteiger partial charge in [-0.2, -0.15) is 0 Å². The Balaban J connectivity index is 1.87. The summed E-state index contributed by atoms with van der Waals surface area (Å²) in [4.78, 5) is 28.0. The number of Topliss-reactive ketones (excluding diaryl/α,β-unsaturated/α-hetero) is 1. The summed E-state index contributed by atoms with van der Waals surface area (Å²) in [5, 5.41) is 0. The van der Waals surface area contributed by atoms with Gasteiger partial charge in [0.1, 0.15) is 5.78 Å². The minimum Gasteiger partial charge on any atom is -0.369 e. The smallest absolute Gasteiger partial charge is 0.254 e. The Hall–Kier alpha value is -1.20. The third-order valence-electron chi connectivity index (χ3n) is 4.47. The van der Waals surface area contributed by atoms with Crippen LogP contribution < -0.4 is 0 Å². The molecule has 0 N–H and O–H groups in total. The molecule has 0 aromatic rings. The number of hydrogen-bond acceptors (Lipinski definition) is 4. The van der Waals surface area contributed by atoms with E-state index in [9.17, 15) is 9.59 Å². The highest BCUT2D eigenvalue weighted by molar-refractivity contribution is 5.89. The fourth-order valence-electron chi connectivity index (χ4n) is 3.45. The average molecular weight is 264 g/mol. The van der Waals surface area contributed by atoms with E-state index in [1.807, 2.05) is 4.90 Å². The molecule has 3 aliphatic rings. The van der Waals surface area contributed by atoms with Crippen molar-refractivity contribution in [1.82, 2.24) is 9.80 Å². The molecule has 19 heavy (non-hydrogen) atoms. The van der Waals surface area contributed by atoms with Crippen molar-refractivity contribution in [2.45, 2.75) is 37.5 Å². The summed E-state index contributed by atoms with van der Waals surface area (Å²) in [5.41, 5.74) is 0. The van der Waals surface area contributed by atoms with Gasteiger partial charge in [-0.05, 0) is 6.42 Å². The van der Waals surface area contributed by atoms with Crippen LogP contribution in [0.2, 0.25) is 0 Å². The number of piperidine rings is 1. The SMILES string of the molecule is CO[C@H]1C(=O)N2CC/C=C\CN3CCC(=O)C[C@@H]3[C@@H]12. The molecule has 3 heterocycles. The summed E-state index contributed by atoms with van der Waals surface area (Å²) in [7, 11) is 1.58. The summed E-state index contributed by atoms with van der Waals surface area (Å²) in [6.45, 7) is 2.40. The number of carbonyl (C=O) groups is 2. The molecule has 0 saturated carbocycles. The van der Waals surface area contributed by atoms with E-state index < -0.39 is 0 Å². The predicted molar refractivity (Wildman–Crippen MR) is 69.7 cm³/mol. The number of β-lactam (4-membered cyclic amide) rings is 1. The first-order valence-corrected chi connectivity index (χ1v) is 6.96. The highest BCUT2D eigenvalue weighted by Crippen LogP contribution is 2.32. The van der Waals surface area contributed by atoms with E-state index in [1.54, 1.807) is 7.11 Å². The number of hydrogen-bond donors (Lipinski definition) is 0. The van der Waals surface area contributed by atoms with E-state index >= 15 is 0 Å². The van der Waals surface area contributed by atoms with Gasteiger partial charge in [-0.25, -0.2) is 0 Å². The van der Waals surface area contributed by atoms with Crippen LogP contribution in [0.25, 0.3) is 0 Å². The molecule has 3 rings (SSSR count). The molecule has 0 aromatic carbocycles. The van der Waals surface area contributed by atoms with Crippen LogP contribution in [0.1, 0.15) is 19.3 Å². The Morgan fingerprint density at radius 3 is 2.89 bits per heavy atom. The van der Waals surface area contributed by atoms with Crippen molar-refractivity contribution in [3.63, 3.8) is 0 Å². The molecule has 2 saturated heterocycles. The van der Waals surface area contributed by atoms with Crippen molar-refractivity contribution in [3.05, 3.63) is 12.2 Å². The maximum Gasteiger partial charge on any atom is 0.254 e. The second kappa shape index (κ2) is 5.06. The zero-order valence-electron chi connectivity index (χ0n) is 11.2. The molecule has 5 heteroatoms. The quantitative estimate of drug-likeness (QED) is 0.502. The fraction of sp³-hybridized carbons (Fsp3) is 0.714. The lowest BCUT2D eigenvalue weighted by Gasteiger charge is -2.52. The van der Waals surface area contributed by atoms with Crippen LogP contribution >= 0.6 is 0 Å². The Kier molecular flexibility index (Phi) is 3.41. The number of rotatable bonds is 1. The van der Waals surface area contributed by atoms with Crippen molar-refractivity contribution in [2.75, 3.05) is 26.7 Å². The van der Waals surface area contributed by atoms with Gasteiger partial charge in [0, 0.05) is 45.6 Å². The Bertz CT molecular complexity index is 421. The number of carbonyl (C=O) groups excluding carboxylic acids is 2. The van der Waals surface area contributed by atoms with Crippen molar-refractivity contribution < 1.29 is 14.3 Å². The van der Waals surface area contributed by atoms with Crippen LogP contribution in [-0.4, -0.2) is 66.4 Å². The molecular formula is C14H20N2O3. The summed E-state index contributed by atoms with van der Waals surface area (Å²) in [5.74, 6) is 0.374. The Labute approximate surface area is 113 Å². The molecule has 0 unspecified atom stereocenters. The van der Waals surface area contributed by atoms with Gasteiger partial charge < -0.3 is 9.64 Å². The first kappa shape index (κ1) is 12.8. The van der Waals surface area contributed by atoms with Crippen LogP contribution in [0.3, 0.4) is 0 Å². The van der Waals surface area contributed by atoms with Gasteiger partial charge in [0.05, 0.1) is 6.04 Å². The molecule has 0 radical (unpaired) electrons. The van der Waals surface area contributed by atoms with Crippen LogP contribution in [0, 0.1) is 0 Å². The topological polar surface area (TPSA) is 49.9 Å². The third kappa shape index (κ3) is 2.11. The molecule has 104 valence electrons. The summed E-state index contributed by atoms with van der Waals surface area (Å²) >= 11 is 0. The highest BCUT2D eigenvalue weighted by Gasteiger charge is 2.53. The Morgan fingerprint density at radius 2 is 2.11 bits per heavy atom. The molecule has 0 aromatic heterocycles. The van der Waals surface area contributed by atoms with E-state index in [1.165, 1.54) is 0 Å². The maximum atomic E-state index is 12.0. The van der Waals surface area contributed by atoms with Crippen LogP contribution in [0.4, 0.5) is 0 Å². The Morgan fingerprint density at radius 1 is 1.26 bits per heavy atom. The lowest BCUT2D eigenvalue weighted by atomic mass is 9.84. The minimum atomic E-state index is -0.364. The molecule has 0 bridgehead atoms. The summed E-state index contributed by atoms with van der Waals surface area (Å²) < 4.78 is 5.34. The van der Waals surface area contributed by atoms with Crippen LogP contribution in [0.5, 0.6) is 0 Å². The second-order valence-corrected chi connectivity index (χ2v) is 5.49. The van der Waals surface area contributed by atoms with Gasteiger partial charge in [-0.1, -0.05) is 12.2 Å². The minimum absolute atomic E-state index is 0.0432. The lowest BCUT2D eigenvalue weighted by Crippen LogP contribution is -2.72. The first-order valence-electron chi connectivity index (χ1n) is 6.96. The number of fused-ring (bicyclic) bond motifs is 3. The van der Waals surface area contributed by atoms with Gasteiger partial charge in [0.15, 0.2) is 6.10 Å². The van der Waals surface area contributed by atoms with E-state index in [2.05, 4.69) is 17.1 Å². The molecule has 5 nitrogen and oxygen atoms in total. The zero-order chi connectivity index (χ0) is 13.4. The molecule has 3 atom stereocenters. The molecule has 0 aliphatic carbocycles. The molecule has 3 aliphatic heterocycles. The summed E-state index contributed by atoms with van der Waals surface area (Å²) in [6.07, 6.45) is 5.97. The number of ketones is 1. The van der Waals surface area contributed by atoms with E-state index in [-0.39, 0.29) is 24.1 Å². The first-order chi connectivity index (χ1) is 9.22. The lowest BCUT2D eigenvalue weighted by molar-refractivity contribution is -0.178. The van der Waals surface area contributed by atoms with Gasteiger partial charge >= 0.3 is 0 Å². The summed E-state index contributed by atoms with van der Waals surface area (Å²) in [6, 6.07) is 0.160. The monoisotopic (exact) mass is 264 g/mol.